The maximum atomic E-state index is 13.9. The molecule has 0 spiro atoms. The van der Waals surface area contributed by atoms with E-state index in [1.54, 1.807) is 11.5 Å². The fourth-order valence-corrected chi connectivity index (χ4v) is 5.59. The lowest BCUT2D eigenvalue weighted by atomic mass is 9.92. The van der Waals surface area contributed by atoms with E-state index in [9.17, 15) is 9.59 Å². The molecule has 39 heavy (non-hydrogen) atoms. The number of allylic oxidation sites excluding steroid dienone is 1. The highest BCUT2D eigenvalue weighted by atomic mass is 32.1. The quantitative estimate of drug-likeness (QED) is 0.304. The second-order valence-electron chi connectivity index (χ2n) is 10.5. The summed E-state index contributed by atoms with van der Waals surface area (Å²) < 4.78 is 13.5. The number of hydrogen-bond donors (Lipinski definition) is 0. The summed E-state index contributed by atoms with van der Waals surface area (Å²) in [6, 6.07) is 15.3. The Labute approximate surface area is 234 Å². The number of ether oxygens (including phenoxy) is 2. The van der Waals surface area contributed by atoms with Gasteiger partial charge in [-0.3, -0.25) is 9.36 Å². The Morgan fingerprint density at radius 3 is 2.33 bits per heavy atom. The SMILES string of the molecule is CCCC1=C(C(=O)OCC)[C@H](c2ccc(C(C)C)cc2)n2c(s/c(=C/c3ccc(OCC(C)C)cc3)c2=O)=N1. The van der Waals surface area contributed by atoms with E-state index < -0.39 is 12.0 Å². The summed E-state index contributed by atoms with van der Waals surface area (Å²) in [5.41, 5.74) is 3.92. The van der Waals surface area contributed by atoms with Crippen LogP contribution in [0.1, 0.15) is 83.0 Å². The van der Waals surface area contributed by atoms with Gasteiger partial charge in [0.25, 0.3) is 5.56 Å². The average molecular weight is 547 g/mol. The zero-order valence-corrected chi connectivity index (χ0v) is 24.5. The van der Waals surface area contributed by atoms with E-state index >= 15 is 0 Å². The topological polar surface area (TPSA) is 69.9 Å². The summed E-state index contributed by atoms with van der Waals surface area (Å²) in [6.45, 7) is 13.3. The fraction of sp³-hybridized carbons (Fsp3) is 0.406. The normalized spacial score (nSPS) is 15.5. The molecular weight excluding hydrogens is 508 g/mol. The molecule has 1 aromatic heterocycles. The number of hydrogen-bond acceptors (Lipinski definition) is 6. The molecule has 0 saturated heterocycles. The number of aromatic nitrogens is 1. The van der Waals surface area contributed by atoms with Crippen LogP contribution in [0.3, 0.4) is 0 Å². The van der Waals surface area contributed by atoms with Crippen LogP contribution < -0.4 is 19.6 Å². The van der Waals surface area contributed by atoms with Crippen molar-refractivity contribution in [2.45, 2.75) is 66.3 Å². The predicted molar refractivity (Wildman–Crippen MR) is 157 cm³/mol. The highest BCUT2D eigenvalue weighted by Gasteiger charge is 2.34. The van der Waals surface area contributed by atoms with Crippen molar-refractivity contribution in [2.24, 2.45) is 10.9 Å². The number of carbonyl (C=O) groups is 1. The van der Waals surface area contributed by atoms with Crippen LogP contribution in [0.4, 0.5) is 0 Å². The van der Waals surface area contributed by atoms with Gasteiger partial charge in [-0.2, -0.15) is 0 Å². The molecule has 0 unspecified atom stereocenters. The Hall–Kier alpha value is -3.45. The third kappa shape index (κ3) is 6.41. The molecular formula is C32H38N2O4S. The van der Waals surface area contributed by atoms with Gasteiger partial charge in [0.05, 0.1) is 35.1 Å². The second-order valence-corrected chi connectivity index (χ2v) is 11.5. The Balaban J connectivity index is 1.85. The summed E-state index contributed by atoms with van der Waals surface area (Å²) in [7, 11) is 0. The Morgan fingerprint density at radius 1 is 1.05 bits per heavy atom. The van der Waals surface area contributed by atoms with Crippen molar-refractivity contribution < 1.29 is 14.3 Å². The van der Waals surface area contributed by atoms with Crippen LogP contribution in [-0.2, 0) is 9.53 Å². The molecule has 0 saturated carbocycles. The lowest BCUT2D eigenvalue weighted by molar-refractivity contribution is -0.139. The van der Waals surface area contributed by atoms with E-state index in [-0.39, 0.29) is 12.2 Å². The third-order valence-corrected chi connectivity index (χ3v) is 7.56. The van der Waals surface area contributed by atoms with Gasteiger partial charge < -0.3 is 9.47 Å². The lowest BCUT2D eigenvalue weighted by Gasteiger charge is -2.26. The molecule has 0 fully saturated rings. The number of fused-ring (bicyclic) bond motifs is 1. The lowest BCUT2D eigenvalue weighted by Crippen LogP contribution is -2.40. The third-order valence-electron chi connectivity index (χ3n) is 6.57. The molecule has 1 aliphatic heterocycles. The van der Waals surface area contributed by atoms with E-state index in [2.05, 4.69) is 46.8 Å². The molecule has 6 nitrogen and oxygen atoms in total. The number of rotatable bonds is 10. The largest absolute Gasteiger partial charge is 0.493 e. The smallest absolute Gasteiger partial charge is 0.338 e. The minimum atomic E-state index is -0.600. The van der Waals surface area contributed by atoms with Gasteiger partial charge in [0, 0.05) is 0 Å². The highest BCUT2D eigenvalue weighted by molar-refractivity contribution is 7.07. The van der Waals surface area contributed by atoms with Crippen molar-refractivity contribution in [2.75, 3.05) is 13.2 Å². The number of carbonyl (C=O) groups excluding carboxylic acids is 1. The van der Waals surface area contributed by atoms with Crippen molar-refractivity contribution in [3.05, 3.63) is 96.2 Å². The van der Waals surface area contributed by atoms with Crippen LogP contribution in [-0.4, -0.2) is 23.8 Å². The number of thiazole rings is 1. The molecule has 1 aliphatic rings. The highest BCUT2D eigenvalue weighted by Crippen LogP contribution is 2.33. The van der Waals surface area contributed by atoms with Gasteiger partial charge in [-0.1, -0.05) is 88.8 Å². The van der Waals surface area contributed by atoms with Crippen LogP contribution in [0, 0.1) is 5.92 Å². The van der Waals surface area contributed by atoms with Crippen LogP contribution >= 0.6 is 11.3 Å². The first kappa shape index (κ1) is 28.6. The van der Waals surface area contributed by atoms with Crippen molar-refractivity contribution in [1.82, 2.24) is 4.57 Å². The summed E-state index contributed by atoms with van der Waals surface area (Å²) in [6.07, 6.45) is 3.32. The molecule has 0 aliphatic carbocycles. The first-order valence-corrected chi connectivity index (χ1v) is 14.6. The maximum Gasteiger partial charge on any atom is 0.338 e. The molecule has 2 heterocycles. The monoisotopic (exact) mass is 546 g/mol. The zero-order valence-electron chi connectivity index (χ0n) is 23.7. The fourth-order valence-electron chi connectivity index (χ4n) is 4.57. The van der Waals surface area contributed by atoms with Gasteiger partial charge in [0.2, 0.25) is 0 Å². The molecule has 0 N–H and O–H groups in total. The molecule has 4 rings (SSSR count). The van der Waals surface area contributed by atoms with Crippen molar-refractivity contribution in [1.29, 1.82) is 0 Å². The summed E-state index contributed by atoms with van der Waals surface area (Å²) in [5, 5.41) is 0. The van der Waals surface area contributed by atoms with Gasteiger partial charge in [-0.05, 0) is 60.1 Å². The van der Waals surface area contributed by atoms with Gasteiger partial charge in [-0.15, -0.1) is 0 Å². The van der Waals surface area contributed by atoms with Crippen LogP contribution in [0.15, 0.2) is 69.6 Å². The van der Waals surface area contributed by atoms with Crippen molar-refractivity contribution >= 4 is 23.4 Å². The molecule has 2 aromatic carbocycles. The molecule has 3 aromatic rings. The van der Waals surface area contributed by atoms with E-state index in [0.717, 1.165) is 23.3 Å². The van der Waals surface area contributed by atoms with Gasteiger partial charge >= 0.3 is 5.97 Å². The van der Waals surface area contributed by atoms with E-state index in [1.807, 2.05) is 42.5 Å². The molecule has 7 heteroatoms. The van der Waals surface area contributed by atoms with E-state index in [4.69, 9.17) is 14.5 Å². The van der Waals surface area contributed by atoms with Gasteiger partial charge in [0.1, 0.15) is 5.75 Å². The average Bonchev–Trinajstić information content (AvgIpc) is 3.22. The zero-order chi connectivity index (χ0) is 28.1. The van der Waals surface area contributed by atoms with Crippen molar-refractivity contribution in [3.63, 3.8) is 0 Å². The second kappa shape index (κ2) is 12.6. The molecule has 1 atom stereocenters. The number of esters is 1. The summed E-state index contributed by atoms with van der Waals surface area (Å²) in [5.74, 6) is 1.20. The van der Waals surface area contributed by atoms with Gasteiger partial charge in [0.15, 0.2) is 4.80 Å². The first-order valence-electron chi connectivity index (χ1n) is 13.8. The minimum Gasteiger partial charge on any atom is -0.493 e. The first-order chi connectivity index (χ1) is 18.7. The molecule has 0 amide bonds. The maximum absolute atomic E-state index is 13.9. The standard InChI is InChI=1S/C32H38N2O4S/c1-7-9-26-28(31(36)37-8-2)29(24-14-12-23(13-15-24)21(5)6)34-30(35)27(39-32(34)33-26)18-22-10-16-25(17-11-22)38-19-20(3)4/h10-18,20-21,29H,7-9,19H2,1-6H3/b27-18+/t29-/m0/s1. The molecule has 0 bridgehead atoms. The number of nitrogens with zero attached hydrogens (tertiary/aromatic N) is 2. The Kier molecular flexibility index (Phi) is 9.23. The molecule has 206 valence electrons. The van der Waals surface area contributed by atoms with Crippen LogP contribution in [0.5, 0.6) is 5.75 Å². The van der Waals surface area contributed by atoms with Gasteiger partial charge in [-0.25, -0.2) is 9.79 Å². The van der Waals surface area contributed by atoms with E-state index in [0.29, 0.717) is 45.5 Å². The Bertz CT molecular complexity index is 1510. The summed E-state index contributed by atoms with van der Waals surface area (Å²) in [4.78, 5) is 32.6. The minimum absolute atomic E-state index is 0.172. The van der Waals surface area contributed by atoms with Crippen LogP contribution in [0.2, 0.25) is 0 Å². The van der Waals surface area contributed by atoms with Crippen LogP contribution in [0.25, 0.3) is 6.08 Å². The van der Waals surface area contributed by atoms with Crippen molar-refractivity contribution in [3.8, 4) is 5.75 Å². The number of benzene rings is 2. The molecule has 0 radical (unpaired) electrons. The Morgan fingerprint density at radius 2 is 1.74 bits per heavy atom. The predicted octanol–water partition coefficient (Wildman–Crippen LogP) is 5.74. The summed E-state index contributed by atoms with van der Waals surface area (Å²) >= 11 is 1.35. The van der Waals surface area contributed by atoms with E-state index in [1.165, 1.54) is 16.9 Å².